The minimum atomic E-state index is 0. The Morgan fingerprint density at radius 3 is 1.94 bits per heavy atom. The van der Waals surface area contributed by atoms with E-state index in [2.05, 4.69) is 71.6 Å². The Morgan fingerprint density at radius 2 is 1.36 bits per heavy atom. The van der Waals surface area contributed by atoms with Crippen molar-refractivity contribution in [1.82, 2.24) is 4.90 Å². The van der Waals surface area contributed by atoms with Gasteiger partial charge in [0.05, 0.1) is 14.2 Å². The van der Waals surface area contributed by atoms with Gasteiger partial charge in [-0.1, -0.05) is 72.3 Å². The number of halogens is 2. The SMILES string of the molecule is COc1ccc(CCCN2CCC(=C3c4ccccc4C=Cc4ccccc43)CC2)c(OC)c1.Cl.Cl. The molecule has 0 unspecified atom stereocenters. The molecule has 3 nitrogen and oxygen atoms in total. The van der Waals surface area contributed by atoms with E-state index >= 15 is 0 Å². The highest BCUT2D eigenvalue weighted by Gasteiger charge is 2.22. The molecule has 2 aliphatic rings. The first-order valence-corrected chi connectivity index (χ1v) is 12.3. The molecule has 0 spiro atoms. The second-order valence-corrected chi connectivity index (χ2v) is 9.11. The normalized spacial score (nSPS) is 14.6. The fraction of sp³-hybridized carbons (Fsp3) is 0.290. The van der Waals surface area contributed by atoms with Crippen molar-refractivity contribution in [1.29, 1.82) is 0 Å². The van der Waals surface area contributed by atoms with Crippen molar-refractivity contribution in [3.63, 3.8) is 0 Å². The molecule has 0 amide bonds. The Morgan fingerprint density at radius 1 is 0.750 bits per heavy atom. The molecule has 1 heterocycles. The minimum Gasteiger partial charge on any atom is -0.497 e. The Balaban J connectivity index is 0.00000180. The lowest BCUT2D eigenvalue weighted by molar-refractivity contribution is 0.253. The number of hydrogen-bond donors (Lipinski definition) is 0. The van der Waals surface area contributed by atoms with Gasteiger partial charge in [0, 0.05) is 19.2 Å². The van der Waals surface area contributed by atoms with Crippen LogP contribution < -0.4 is 9.47 Å². The number of aryl methyl sites for hydroxylation is 1. The zero-order valence-electron chi connectivity index (χ0n) is 21.0. The van der Waals surface area contributed by atoms with Crippen LogP contribution in [0.2, 0.25) is 0 Å². The maximum absolute atomic E-state index is 5.57. The van der Waals surface area contributed by atoms with E-state index in [9.17, 15) is 0 Å². The van der Waals surface area contributed by atoms with Crippen molar-refractivity contribution in [2.75, 3.05) is 33.9 Å². The predicted octanol–water partition coefficient (Wildman–Crippen LogP) is 7.56. The second kappa shape index (κ2) is 13.0. The van der Waals surface area contributed by atoms with Gasteiger partial charge in [0.15, 0.2) is 0 Å². The van der Waals surface area contributed by atoms with Crippen molar-refractivity contribution in [2.24, 2.45) is 0 Å². The average molecular weight is 525 g/mol. The molecule has 190 valence electrons. The van der Waals surface area contributed by atoms with Crippen molar-refractivity contribution in [3.8, 4) is 11.5 Å². The molecule has 0 atom stereocenters. The van der Waals surface area contributed by atoms with Crippen LogP contribution in [0.1, 0.15) is 47.1 Å². The Hall–Kier alpha value is -2.72. The number of ether oxygens (including phenoxy) is 2. The molecule has 3 aromatic carbocycles. The van der Waals surface area contributed by atoms with E-state index in [4.69, 9.17) is 9.47 Å². The van der Waals surface area contributed by atoms with Crippen LogP contribution in [0.3, 0.4) is 0 Å². The van der Waals surface area contributed by atoms with Gasteiger partial charge in [0.25, 0.3) is 0 Å². The number of fused-ring (bicyclic) bond motifs is 2. The van der Waals surface area contributed by atoms with Gasteiger partial charge in [-0.2, -0.15) is 0 Å². The van der Waals surface area contributed by atoms with Crippen molar-refractivity contribution in [3.05, 3.63) is 100 Å². The summed E-state index contributed by atoms with van der Waals surface area (Å²) in [5.74, 6) is 1.76. The number of hydrogen-bond acceptors (Lipinski definition) is 3. The lowest BCUT2D eigenvalue weighted by atomic mass is 9.86. The number of rotatable bonds is 6. The van der Waals surface area contributed by atoms with E-state index in [-0.39, 0.29) is 24.8 Å². The molecule has 1 saturated heterocycles. The Kier molecular flexibility index (Phi) is 10.1. The molecule has 0 bridgehead atoms. The largest absolute Gasteiger partial charge is 0.497 e. The molecule has 3 aromatic rings. The van der Waals surface area contributed by atoms with Crippen LogP contribution in [-0.2, 0) is 6.42 Å². The maximum atomic E-state index is 5.57. The summed E-state index contributed by atoms with van der Waals surface area (Å²) in [5.41, 5.74) is 9.68. The van der Waals surface area contributed by atoms with Gasteiger partial charge in [0.2, 0.25) is 0 Å². The van der Waals surface area contributed by atoms with E-state index in [1.807, 2.05) is 12.1 Å². The zero-order valence-corrected chi connectivity index (χ0v) is 22.7. The molecule has 1 aliphatic heterocycles. The lowest BCUT2D eigenvalue weighted by Crippen LogP contribution is -2.32. The molecule has 1 fully saturated rings. The maximum Gasteiger partial charge on any atom is 0.125 e. The third-order valence-corrected chi connectivity index (χ3v) is 7.13. The van der Waals surface area contributed by atoms with Crippen LogP contribution in [0, 0.1) is 0 Å². The predicted molar refractivity (Wildman–Crippen MR) is 156 cm³/mol. The highest BCUT2D eigenvalue weighted by molar-refractivity contribution is 5.94. The molecular formula is C31H35Cl2NO2. The summed E-state index contributed by atoms with van der Waals surface area (Å²) < 4.78 is 10.9. The first-order valence-electron chi connectivity index (χ1n) is 12.3. The summed E-state index contributed by atoms with van der Waals surface area (Å²) in [6.07, 6.45) is 8.94. The van der Waals surface area contributed by atoms with Crippen molar-refractivity contribution < 1.29 is 9.47 Å². The quantitative estimate of drug-likeness (QED) is 0.260. The van der Waals surface area contributed by atoms with Crippen molar-refractivity contribution in [2.45, 2.75) is 25.7 Å². The number of methoxy groups -OCH3 is 2. The van der Waals surface area contributed by atoms with E-state index in [0.717, 1.165) is 56.8 Å². The first-order chi connectivity index (χ1) is 16.8. The summed E-state index contributed by atoms with van der Waals surface area (Å²) in [4.78, 5) is 2.62. The third kappa shape index (κ3) is 5.98. The fourth-order valence-corrected chi connectivity index (χ4v) is 5.29. The van der Waals surface area contributed by atoms with Crippen LogP contribution in [0.4, 0.5) is 0 Å². The summed E-state index contributed by atoms with van der Waals surface area (Å²) in [6.45, 7) is 3.36. The van der Waals surface area contributed by atoms with Crippen LogP contribution >= 0.6 is 24.8 Å². The highest BCUT2D eigenvalue weighted by atomic mass is 35.5. The summed E-state index contributed by atoms with van der Waals surface area (Å²) >= 11 is 0. The highest BCUT2D eigenvalue weighted by Crippen LogP contribution is 2.38. The van der Waals surface area contributed by atoms with E-state index in [1.54, 1.807) is 19.8 Å². The average Bonchev–Trinajstić information content (AvgIpc) is 3.06. The van der Waals surface area contributed by atoms with Gasteiger partial charge < -0.3 is 14.4 Å². The molecular weight excluding hydrogens is 489 g/mol. The number of piperidine rings is 1. The Labute approximate surface area is 227 Å². The zero-order chi connectivity index (χ0) is 23.3. The molecule has 0 saturated carbocycles. The second-order valence-electron chi connectivity index (χ2n) is 9.11. The first kappa shape index (κ1) is 27.9. The van der Waals surface area contributed by atoms with E-state index < -0.39 is 0 Å². The van der Waals surface area contributed by atoms with E-state index in [1.165, 1.54) is 33.4 Å². The van der Waals surface area contributed by atoms with Crippen LogP contribution in [0.25, 0.3) is 17.7 Å². The fourth-order valence-electron chi connectivity index (χ4n) is 5.29. The molecule has 0 aromatic heterocycles. The van der Waals surface area contributed by atoms with Gasteiger partial charge in [0.1, 0.15) is 11.5 Å². The molecule has 36 heavy (non-hydrogen) atoms. The van der Waals surface area contributed by atoms with Gasteiger partial charge in [-0.3, -0.25) is 0 Å². The third-order valence-electron chi connectivity index (χ3n) is 7.13. The topological polar surface area (TPSA) is 21.7 Å². The van der Waals surface area contributed by atoms with Crippen LogP contribution in [0.15, 0.2) is 72.3 Å². The monoisotopic (exact) mass is 523 g/mol. The van der Waals surface area contributed by atoms with Gasteiger partial charge in [-0.15, -0.1) is 24.8 Å². The number of benzene rings is 3. The summed E-state index contributed by atoms with van der Waals surface area (Å²) in [6, 6.07) is 23.8. The van der Waals surface area contributed by atoms with Crippen LogP contribution in [-0.4, -0.2) is 38.8 Å². The molecule has 5 heteroatoms. The van der Waals surface area contributed by atoms with Crippen LogP contribution in [0.5, 0.6) is 11.5 Å². The standard InChI is InChI=1S/C31H33NO2.2ClH/c1-33-27-16-15-25(30(22-27)34-2)10-7-19-32-20-17-26(18-21-32)31-28-11-5-3-8-23(28)13-14-24-9-4-6-12-29(24)31;;/h3-6,8-9,11-16,22H,7,10,17-21H2,1-2H3;2*1H. The minimum absolute atomic E-state index is 0. The summed E-state index contributed by atoms with van der Waals surface area (Å²) in [7, 11) is 3.42. The number of likely N-dealkylation sites (tertiary alicyclic amines) is 1. The molecule has 0 radical (unpaired) electrons. The van der Waals surface area contributed by atoms with Gasteiger partial charge in [-0.05, 0) is 71.7 Å². The van der Waals surface area contributed by atoms with Gasteiger partial charge in [-0.25, -0.2) is 0 Å². The smallest absolute Gasteiger partial charge is 0.125 e. The van der Waals surface area contributed by atoms with Crippen molar-refractivity contribution >= 4 is 42.5 Å². The summed E-state index contributed by atoms with van der Waals surface area (Å²) in [5, 5.41) is 0. The van der Waals surface area contributed by atoms with Gasteiger partial charge >= 0.3 is 0 Å². The molecule has 5 rings (SSSR count). The molecule has 1 aliphatic carbocycles. The molecule has 0 N–H and O–H groups in total. The Bertz CT molecular complexity index is 1170. The lowest BCUT2D eigenvalue weighted by Gasteiger charge is -2.30. The van der Waals surface area contributed by atoms with E-state index in [0.29, 0.717) is 0 Å². The number of nitrogens with zero attached hydrogens (tertiary/aromatic N) is 1.